The number of anilines is 1. The number of urea groups is 1. The molecule has 1 aromatic carbocycles. The topological polar surface area (TPSA) is 103 Å². The number of nitrogens with zero attached hydrogens (tertiary/aromatic N) is 6. The largest absolute Gasteiger partial charge is 0.333 e. The molecule has 122 valence electrons. The van der Waals surface area contributed by atoms with Crippen molar-refractivity contribution in [2.45, 2.75) is 25.4 Å². The number of amides is 2. The van der Waals surface area contributed by atoms with Crippen molar-refractivity contribution < 1.29 is 4.79 Å². The van der Waals surface area contributed by atoms with Crippen LogP contribution in [0.1, 0.15) is 12.2 Å². The van der Waals surface area contributed by atoms with Gasteiger partial charge in [0.05, 0.1) is 24.5 Å². The maximum absolute atomic E-state index is 12.3. The lowest BCUT2D eigenvalue weighted by atomic mass is 10.1. The summed E-state index contributed by atoms with van der Waals surface area (Å²) in [4.78, 5) is 16.5. The van der Waals surface area contributed by atoms with E-state index in [2.05, 4.69) is 31.0 Å². The van der Waals surface area contributed by atoms with Gasteiger partial charge in [0.1, 0.15) is 12.2 Å². The Morgan fingerprint density at radius 1 is 1.25 bits per heavy atom. The van der Waals surface area contributed by atoms with Gasteiger partial charge in [-0.15, -0.1) is 5.10 Å². The zero-order chi connectivity index (χ0) is 16.4. The lowest BCUT2D eigenvalue weighted by molar-refractivity contribution is 0.243. The average Bonchev–Trinajstić information content (AvgIpc) is 3.24. The molecule has 0 fully saturated rings. The third-order valence-electron chi connectivity index (χ3n) is 3.93. The van der Waals surface area contributed by atoms with Crippen LogP contribution in [0.2, 0.25) is 0 Å². The summed E-state index contributed by atoms with van der Waals surface area (Å²) in [5.74, 6) is 1.47. The number of rotatable bonds is 3. The quantitative estimate of drug-likeness (QED) is 0.748. The molecule has 3 heterocycles. The second-order valence-corrected chi connectivity index (χ2v) is 5.56. The van der Waals surface area contributed by atoms with Crippen LogP contribution in [0, 0.1) is 0 Å². The first-order valence-electron chi connectivity index (χ1n) is 7.70. The van der Waals surface area contributed by atoms with Crippen LogP contribution in [-0.4, -0.2) is 41.8 Å². The first-order chi connectivity index (χ1) is 11.8. The molecule has 0 bridgehead atoms. The molecule has 2 N–H and O–H groups in total. The summed E-state index contributed by atoms with van der Waals surface area (Å²) in [5.41, 5.74) is 0.829. The molecule has 3 aromatic rings. The van der Waals surface area contributed by atoms with Gasteiger partial charge >= 0.3 is 6.03 Å². The number of fused-ring (bicyclic) bond motifs is 1. The van der Waals surface area contributed by atoms with Crippen LogP contribution in [0.15, 0.2) is 42.9 Å². The van der Waals surface area contributed by atoms with E-state index in [1.165, 1.54) is 6.20 Å². The normalized spacial score (nSPS) is 16.4. The van der Waals surface area contributed by atoms with Crippen molar-refractivity contribution in [2.75, 3.05) is 5.32 Å². The number of hydrogen-bond donors (Lipinski definition) is 2. The molecule has 0 saturated heterocycles. The molecule has 9 nitrogen and oxygen atoms in total. The second-order valence-electron chi connectivity index (χ2n) is 5.56. The third kappa shape index (κ3) is 2.83. The molecule has 4 rings (SSSR count). The van der Waals surface area contributed by atoms with Crippen molar-refractivity contribution in [3.8, 4) is 5.69 Å². The molecule has 1 aliphatic rings. The van der Waals surface area contributed by atoms with Crippen LogP contribution in [0.4, 0.5) is 10.6 Å². The highest BCUT2D eigenvalue weighted by atomic mass is 16.2. The van der Waals surface area contributed by atoms with E-state index < -0.39 is 0 Å². The Bertz CT molecular complexity index is 840. The number of aromatic nitrogens is 6. The molecule has 0 radical (unpaired) electrons. The minimum Gasteiger partial charge on any atom is -0.333 e. The predicted molar refractivity (Wildman–Crippen MR) is 85.6 cm³/mol. The summed E-state index contributed by atoms with van der Waals surface area (Å²) >= 11 is 0. The highest BCUT2D eigenvalue weighted by Gasteiger charge is 2.21. The van der Waals surface area contributed by atoms with E-state index in [-0.39, 0.29) is 12.1 Å². The standard InChI is InChI=1S/C15H16N8O/c24-15(19-11-6-7-13-16-10-18-22(13)9-11)20-14-8-17-21-23(14)12-4-2-1-3-5-12/h1-5,8,10-11H,6-7,9H2,(H2,19,20,24). The lowest BCUT2D eigenvalue weighted by Gasteiger charge is -2.23. The Morgan fingerprint density at radius 3 is 3.00 bits per heavy atom. The van der Waals surface area contributed by atoms with E-state index in [9.17, 15) is 4.79 Å². The number of carbonyl (C=O) groups is 1. The Labute approximate surface area is 137 Å². The number of nitrogens with one attached hydrogen (secondary N) is 2. The summed E-state index contributed by atoms with van der Waals surface area (Å²) in [6, 6.07) is 9.23. The van der Waals surface area contributed by atoms with Crippen LogP contribution in [0.3, 0.4) is 0 Å². The van der Waals surface area contributed by atoms with Gasteiger partial charge in [0.2, 0.25) is 0 Å². The van der Waals surface area contributed by atoms with Crippen molar-refractivity contribution in [3.05, 3.63) is 48.7 Å². The second kappa shape index (κ2) is 6.11. The molecule has 1 unspecified atom stereocenters. The van der Waals surface area contributed by atoms with Gasteiger partial charge in [-0.2, -0.15) is 9.78 Å². The van der Waals surface area contributed by atoms with Crippen molar-refractivity contribution in [1.29, 1.82) is 0 Å². The highest BCUT2D eigenvalue weighted by Crippen LogP contribution is 2.14. The highest BCUT2D eigenvalue weighted by molar-refractivity contribution is 5.88. The smallest absolute Gasteiger partial charge is 0.320 e. The van der Waals surface area contributed by atoms with Crippen LogP contribution >= 0.6 is 0 Å². The Hall–Kier alpha value is -3.23. The monoisotopic (exact) mass is 324 g/mol. The van der Waals surface area contributed by atoms with Gasteiger partial charge in [0.15, 0.2) is 5.82 Å². The van der Waals surface area contributed by atoms with Gasteiger partial charge in [-0.3, -0.25) is 5.32 Å². The molecule has 2 aromatic heterocycles. The van der Waals surface area contributed by atoms with Gasteiger partial charge in [0.25, 0.3) is 0 Å². The molecule has 1 atom stereocenters. The fourth-order valence-electron chi connectivity index (χ4n) is 2.77. The third-order valence-corrected chi connectivity index (χ3v) is 3.93. The minimum atomic E-state index is -0.289. The maximum Gasteiger partial charge on any atom is 0.320 e. The Morgan fingerprint density at radius 2 is 2.12 bits per heavy atom. The zero-order valence-electron chi connectivity index (χ0n) is 12.8. The van der Waals surface area contributed by atoms with Crippen molar-refractivity contribution in [2.24, 2.45) is 0 Å². The van der Waals surface area contributed by atoms with Gasteiger partial charge in [-0.25, -0.2) is 14.5 Å². The number of para-hydroxylation sites is 1. The predicted octanol–water partition coefficient (Wildman–Crippen LogP) is 0.995. The van der Waals surface area contributed by atoms with E-state index in [1.54, 1.807) is 11.0 Å². The fourth-order valence-corrected chi connectivity index (χ4v) is 2.77. The summed E-state index contributed by atoms with van der Waals surface area (Å²) in [6.45, 7) is 0.624. The molecule has 9 heteroatoms. The van der Waals surface area contributed by atoms with Crippen molar-refractivity contribution in [1.82, 2.24) is 35.1 Å². The van der Waals surface area contributed by atoms with Crippen LogP contribution in [0.5, 0.6) is 0 Å². The Balaban J connectivity index is 1.42. The molecular weight excluding hydrogens is 308 g/mol. The van der Waals surface area contributed by atoms with Gasteiger partial charge < -0.3 is 5.32 Å². The van der Waals surface area contributed by atoms with Gasteiger partial charge in [-0.05, 0) is 18.6 Å². The first kappa shape index (κ1) is 14.4. The number of carbonyl (C=O) groups excluding carboxylic acids is 1. The molecule has 24 heavy (non-hydrogen) atoms. The number of aryl methyl sites for hydroxylation is 1. The SMILES string of the molecule is O=C(Nc1cnnn1-c1ccccc1)NC1CCc2ncnn2C1. The summed E-state index contributed by atoms with van der Waals surface area (Å²) < 4.78 is 3.40. The molecule has 1 aliphatic heterocycles. The van der Waals surface area contributed by atoms with Crippen molar-refractivity contribution in [3.63, 3.8) is 0 Å². The molecule has 2 amide bonds. The number of benzene rings is 1. The van der Waals surface area contributed by atoms with Crippen LogP contribution in [-0.2, 0) is 13.0 Å². The Kier molecular flexibility index (Phi) is 3.66. The summed E-state index contributed by atoms with van der Waals surface area (Å²) in [6.07, 6.45) is 4.70. The van der Waals surface area contributed by atoms with Crippen LogP contribution in [0.25, 0.3) is 5.69 Å². The summed E-state index contributed by atoms with van der Waals surface area (Å²) in [5, 5.41) is 17.8. The number of hydrogen-bond acceptors (Lipinski definition) is 5. The molecule has 0 spiro atoms. The van der Waals surface area contributed by atoms with E-state index in [0.29, 0.717) is 12.4 Å². The minimum absolute atomic E-state index is 0.0141. The maximum atomic E-state index is 12.3. The van der Waals surface area contributed by atoms with Crippen LogP contribution < -0.4 is 10.6 Å². The lowest BCUT2D eigenvalue weighted by Crippen LogP contribution is -2.43. The zero-order valence-corrected chi connectivity index (χ0v) is 12.8. The summed E-state index contributed by atoms with van der Waals surface area (Å²) in [7, 11) is 0. The molecule has 0 aliphatic carbocycles. The van der Waals surface area contributed by atoms with Gasteiger partial charge in [0, 0.05) is 6.42 Å². The average molecular weight is 324 g/mol. The first-order valence-corrected chi connectivity index (χ1v) is 7.70. The van der Waals surface area contributed by atoms with E-state index in [4.69, 9.17) is 0 Å². The molecule has 0 saturated carbocycles. The fraction of sp³-hybridized carbons (Fsp3) is 0.267. The van der Waals surface area contributed by atoms with E-state index >= 15 is 0 Å². The van der Waals surface area contributed by atoms with E-state index in [1.807, 2.05) is 35.0 Å². The van der Waals surface area contributed by atoms with E-state index in [0.717, 1.165) is 24.4 Å². The molecular formula is C15H16N8O. The van der Waals surface area contributed by atoms with Gasteiger partial charge in [-0.1, -0.05) is 23.4 Å². The van der Waals surface area contributed by atoms with Crippen molar-refractivity contribution >= 4 is 11.8 Å².